The molecule has 0 aromatic heterocycles. The molecule has 0 saturated carbocycles. The van der Waals surface area contributed by atoms with Gasteiger partial charge in [0.15, 0.2) is 0 Å². The van der Waals surface area contributed by atoms with E-state index in [0.717, 1.165) is 17.8 Å². The fourth-order valence-corrected chi connectivity index (χ4v) is 2.17. The molecule has 0 saturated heterocycles. The molecular formula is C15H25FN2. The molecule has 0 fully saturated rings. The number of nitrogens with zero attached hydrogens (tertiary/aromatic N) is 1. The SMILES string of the molecule is CNC(C)c1cc(F)ccc1N(C)CC(C)(C)C. The molecule has 1 atom stereocenters. The number of benzene rings is 1. The van der Waals surface area contributed by atoms with Crippen molar-refractivity contribution in [3.05, 3.63) is 29.6 Å². The average molecular weight is 252 g/mol. The van der Waals surface area contributed by atoms with Crippen LogP contribution in [0.2, 0.25) is 0 Å². The van der Waals surface area contributed by atoms with Gasteiger partial charge in [0.05, 0.1) is 0 Å². The summed E-state index contributed by atoms with van der Waals surface area (Å²) in [6.07, 6.45) is 0. The van der Waals surface area contributed by atoms with Crippen LogP contribution in [-0.4, -0.2) is 20.6 Å². The predicted molar refractivity (Wildman–Crippen MR) is 76.6 cm³/mol. The lowest BCUT2D eigenvalue weighted by Crippen LogP contribution is -2.30. The van der Waals surface area contributed by atoms with Crippen LogP contribution in [-0.2, 0) is 0 Å². The zero-order valence-electron chi connectivity index (χ0n) is 12.3. The Hall–Kier alpha value is -1.09. The van der Waals surface area contributed by atoms with E-state index in [1.165, 1.54) is 6.07 Å². The Labute approximate surface area is 110 Å². The quantitative estimate of drug-likeness (QED) is 0.881. The Morgan fingerprint density at radius 3 is 2.44 bits per heavy atom. The number of nitrogens with one attached hydrogen (secondary N) is 1. The number of anilines is 1. The van der Waals surface area contributed by atoms with E-state index < -0.39 is 0 Å². The standard InChI is InChI=1S/C15H25FN2/c1-11(17-5)13-9-12(16)7-8-14(13)18(6)10-15(2,3)4/h7-9,11,17H,10H2,1-6H3. The van der Waals surface area contributed by atoms with Crippen LogP contribution in [0.3, 0.4) is 0 Å². The summed E-state index contributed by atoms with van der Waals surface area (Å²) in [5, 5.41) is 3.17. The van der Waals surface area contributed by atoms with Gasteiger partial charge in [0.1, 0.15) is 5.82 Å². The Bertz CT molecular complexity index is 396. The molecule has 0 amide bonds. The molecule has 0 radical (unpaired) electrons. The summed E-state index contributed by atoms with van der Waals surface area (Å²) in [5.41, 5.74) is 2.31. The molecule has 3 heteroatoms. The van der Waals surface area contributed by atoms with Crippen LogP contribution >= 0.6 is 0 Å². The van der Waals surface area contributed by atoms with Crippen LogP contribution < -0.4 is 10.2 Å². The average Bonchev–Trinajstić information content (AvgIpc) is 2.25. The van der Waals surface area contributed by atoms with E-state index in [2.05, 4.69) is 38.0 Å². The highest BCUT2D eigenvalue weighted by Crippen LogP contribution is 2.28. The second-order valence-electron chi connectivity index (χ2n) is 6.13. The Morgan fingerprint density at radius 2 is 1.94 bits per heavy atom. The zero-order valence-corrected chi connectivity index (χ0v) is 12.3. The van der Waals surface area contributed by atoms with Crippen molar-refractivity contribution in [2.75, 3.05) is 25.5 Å². The van der Waals surface area contributed by atoms with Gasteiger partial charge in [-0.25, -0.2) is 4.39 Å². The first-order valence-electron chi connectivity index (χ1n) is 6.42. The van der Waals surface area contributed by atoms with Gasteiger partial charge in [-0.15, -0.1) is 0 Å². The molecule has 0 aliphatic carbocycles. The van der Waals surface area contributed by atoms with E-state index in [4.69, 9.17) is 0 Å². The highest BCUT2D eigenvalue weighted by Gasteiger charge is 2.18. The molecule has 0 heterocycles. The van der Waals surface area contributed by atoms with Gasteiger partial charge in [-0.3, -0.25) is 0 Å². The minimum atomic E-state index is -0.181. The Morgan fingerprint density at radius 1 is 1.33 bits per heavy atom. The van der Waals surface area contributed by atoms with E-state index in [1.807, 2.05) is 20.0 Å². The number of rotatable bonds is 4. The summed E-state index contributed by atoms with van der Waals surface area (Å²) >= 11 is 0. The summed E-state index contributed by atoms with van der Waals surface area (Å²) in [5.74, 6) is -0.181. The molecule has 18 heavy (non-hydrogen) atoms. The third-order valence-corrected chi connectivity index (χ3v) is 3.01. The number of hydrogen-bond acceptors (Lipinski definition) is 2. The minimum absolute atomic E-state index is 0.137. The Kier molecular flexibility index (Phi) is 4.74. The van der Waals surface area contributed by atoms with Crippen LogP contribution in [0.5, 0.6) is 0 Å². The summed E-state index contributed by atoms with van der Waals surface area (Å²) in [6, 6.07) is 5.15. The maximum Gasteiger partial charge on any atom is 0.123 e. The van der Waals surface area contributed by atoms with Gasteiger partial charge in [-0.2, -0.15) is 0 Å². The van der Waals surface area contributed by atoms with Crippen molar-refractivity contribution in [1.82, 2.24) is 5.32 Å². The van der Waals surface area contributed by atoms with E-state index in [1.54, 1.807) is 6.07 Å². The van der Waals surface area contributed by atoms with Gasteiger partial charge in [-0.1, -0.05) is 20.8 Å². The van der Waals surface area contributed by atoms with Crippen molar-refractivity contribution >= 4 is 5.69 Å². The highest BCUT2D eigenvalue weighted by atomic mass is 19.1. The summed E-state index contributed by atoms with van der Waals surface area (Å²) in [7, 11) is 3.95. The molecule has 0 aliphatic rings. The van der Waals surface area contributed by atoms with Gasteiger partial charge < -0.3 is 10.2 Å². The van der Waals surface area contributed by atoms with Crippen molar-refractivity contribution in [1.29, 1.82) is 0 Å². The first-order chi connectivity index (χ1) is 8.24. The molecule has 1 unspecified atom stereocenters. The van der Waals surface area contributed by atoms with Crippen molar-refractivity contribution in [2.24, 2.45) is 5.41 Å². The van der Waals surface area contributed by atoms with Crippen molar-refractivity contribution in [3.8, 4) is 0 Å². The van der Waals surface area contributed by atoms with Crippen LogP contribution in [0.4, 0.5) is 10.1 Å². The minimum Gasteiger partial charge on any atom is -0.374 e. The van der Waals surface area contributed by atoms with E-state index in [9.17, 15) is 4.39 Å². The molecule has 0 spiro atoms. The molecule has 102 valence electrons. The van der Waals surface area contributed by atoms with Gasteiger partial charge in [0, 0.05) is 25.3 Å². The van der Waals surface area contributed by atoms with Gasteiger partial charge >= 0.3 is 0 Å². The maximum atomic E-state index is 13.4. The first kappa shape index (κ1) is 15.0. The summed E-state index contributed by atoms with van der Waals surface area (Å²) in [4.78, 5) is 2.20. The van der Waals surface area contributed by atoms with Gasteiger partial charge in [0.25, 0.3) is 0 Å². The third kappa shape index (κ3) is 3.98. The van der Waals surface area contributed by atoms with Crippen LogP contribution in [0, 0.1) is 11.2 Å². The Balaban J connectivity index is 3.07. The molecule has 0 bridgehead atoms. The summed E-state index contributed by atoms with van der Waals surface area (Å²) < 4.78 is 13.4. The largest absolute Gasteiger partial charge is 0.374 e. The van der Waals surface area contributed by atoms with Gasteiger partial charge in [-0.05, 0) is 43.1 Å². The van der Waals surface area contributed by atoms with Crippen LogP contribution in [0.15, 0.2) is 18.2 Å². The van der Waals surface area contributed by atoms with E-state index in [-0.39, 0.29) is 17.3 Å². The molecule has 2 nitrogen and oxygen atoms in total. The second kappa shape index (κ2) is 5.70. The summed E-state index contributed by atoms with van der Waals surface area (Å²) in [6.45, 7) is 9.59. The van der Waals surface area contributed by atoms with Crippen molar-refractivity contribution < 1.29 is 4.39 Å². The van der Waals surface area contributed by atoms with Crippen molar-refractivity contribution in [3.63, 3.8) is 0 Å². The van der Waals surface area contributed by atoms with Crippen LogP contribution in [0.1, 0.15) is 39.3 Å². The fraction of sp³-hybridized carbons (Fsp3) is 0.600. The highest BCUT2D eigenvalue weighted by molar-refractivity contribution is 5.54. The lowest BCUT2D eigenvalue weighted by molar-refractivity contribution is 0.418. The number of halogens is 1. The van der Waals surface area contributed by atoms with E-state index >= 15 is 0 Å². The maximum absolute atomic E-state index is 13.4. The first-order valence-corrected chi connectivity index (χ1v) is 6.42. The van der Waals surface area contributed by atoms with Crippen molar-refractivity contribution in [2.45, 2.75) is 33.7 Å². The second-order valence-corrected chi connectivity index (χ2v) is 6.13. The zero-order chi connectivity index (χ0) is 13.9. The lowest BCUT2D eigenvalue weighted by Gasteiger charge is -2.31. The lowest BCUT2D eigenvalue weighted by atomic mass is 9.95. The molecule has 1 aromatic rings. The van der Waals surface area contributed by atoms with E-state index in [0.29, 0.717) is 0 Å². The molecule has 1 aromatic carbocycles. The monoisotopic (exact) mass is 252 g/mol. The predicted octanol–water partition coefficient (Wildman–Crippen LogP) is 3.59. The smallest absolute Gasteiger partial charge is 0.123 e. The topological polar surface area (TPSA) is 15.3 Å². The molecule has 1 N–H and O–H groups in total. The van der Waals surface area contributed by atoms with Crippen LogP contribution in [0.25, 0.3) is 0 Å². The third-order valence-electron chi connectivity index (χ3n) is 3.01. The van der Waals surface area contributed by atoms with Gasteiger partial charge in [0.2, 0.25) is 0 Å². The molecular weight excluding hydrogens is 227 g/mol. The molecule has 1 rings (SSSR count). The normalized spacial score (nSPS) is 13.5. The number of hydrogen-bond donors (Lipinski definition) is 1. The molecule has 0 aliphatic heterocycles. The fourth-order valence-electron chi connectivity index (χ4n) is 2.17.